The van der Waals surface area contributed by atoms with Gasteiger partial charge in [-0.3, -0.25) is 9.59 Å². The molecule has 9 heteroatoms. The van der Waals surface area contributed by atoms with Crippen molar-refractivity contribution in [2.75, 3.05) is 6.61 Å². The fourth-order valence-electron chi connectivity index (χ4n) is 4.23. The largest absolute Gasteiger partial charge is 0.508 e. The van der Waals surface area contributed by atoms with Gasteiger partial charge in [-0.05, 0) is 30.3 Å². The highest BCUT2D eigenvalue weighted by Gasteiger charge is 2.35. The lowest BCUT2D eigenvalue weighted by Gasteiger charge is -2.27. The van der Waals surface area contributed by atoms with Gasteiger partial charge in [0, 0.05) is 34.7 Å². The van der Waals surface area contributed by atoms with Gasteiger partial charge in [0.15, 0.2) is 12.0 Å². The molecule has 35 heavy (non-hydrogen) atoms. The molecule has 1 atom stereocenters. The summed E-state index contributed by atoms with van der Waals surface area (Å²) in [6.45, 7) is -0.586. The molecule has 1 aliphatic heterocycles. The van der Waals surface area contributed by atoms with E-state index in [1.165, 1.54) is 24.3 Å². The number of benzene rings is 3. The number of phenolic OH excluding ortho intramolecular Hbond substituents is 2. The van der Waals surface area contributed by atoms with Crippen molar-refractivity contribution in [3.05, 3.63) is 82.0 Å². The second kappa shape index (κ2) is 8.53. The number of carbonyl (C=O) groups is 2. The lowest BCUT2D eigenvalue weighted by atomic mass is 9.84. The molecule has 3 aromatic carbocycles. The molecule has 2 heterocycles. The van der Waals surface area contributed by atoms with Gasteiger partial charge in [0.25, 0.3) is 0 Å². The fourth-order valence-corrected chi connectivity index (χ4v) is 4.23. The maximum absolute atomic E-state index is 13.0. The number of para-hydroxylation sites is 1. The Balaban J connectivity index is 1.76. The van der Waals surface area contributed by atoms with E-state index in [4.69, 9.17) is 19.0 Å². The summed E-state index contributed by atoms with van der Waals surface area (Å²) in [7, 11) is 0. The number of aromatic hydroxyl groups is 2. The summed E-state index contributed by atoms with van der Waals surface area (Å²) < 4.78 is 16.9. The van der Waals surface area contributed by atoms with Crippen molar-refractivity contribution in [3.63, 3.8) is 0 Å². The molecule has 176 valence electrons. The van der Waals surface area contributed by atoms with E-state index >= 15 is 0 Å². The van der Waals surface area contributed by atoms with Crippen LogP contribution < -0.4 is 14.9 Å². The number of fused-ring (bicyclic) bond motifs is 3. The average molecular weight is 474 g/mol. The minimum atomic E-state index is -1.16. The third-order valence-corrected chi connectivity index (χ3v) is 5.72. The Hall–Kier alpha value is -4.79. The summed E-state index contributed by atoms with van der Waals surface area (Å²) in [5.41, 5.74) is 0.869. The topological polar surface area (TPSA) is 144 Å². The van der Waals surface area contributed by atoms with Gasteiger partial charge in [-0.1, -0.05) is 18.2 Å². The number of hydrogen-bond acceptors (Lipinski definition) is 8. The number of carboxylic acid groups (broad SMARTS) is 1. The second-order valence-corrected chi connectivity index (χ2v) is 7.98. The first-order valence-electron chi connectivity index (χ1n) is 10.6. The Bertz CT molecular complexity index is 1530. The van der Waals surface area contributed by atoms with E-state index < -0.39 is 35.6 Å². The summed E-state index contributed by atoms with van der Waals surface area (Å²) in [5.74, 6) is -2.37. The molecule has 5 rings (SSSR count). The lowest BCUT2D eigenvalue weighted by molar-refractivity contribution is -0.139. The van der Waals surface area contributed by atoms with Crippen LogP contribution in [-0.2, 0) is 9.59 Å². The zero-order chi connectivity index (χ0) is 24.7. The molecular weight excluding hydrogens is 456 g/mol. The molecule has 0 amide bonds. The van der Waals surface area contributed by atoms with E-state index in [2.05, 4.69) is 0 Å². The van der Waals surface area contributed by atoms with Gasteiger partial charge in [0.1, 0.15) is 39.7 Å². The molecule has 0 radical (unpaired) electrons. The summed E-state index contributed by atoms with van der Waals surface area (Å²) in [5, 5.41) is 29.1. The Morgan fingerprint density at radius 3 is 2.51 bits per heavy atom. The van der Waals surface area contributed by atoms with Gasteiger partial charge in [-0.25, -0.2) is 4.79 Å². The van der Waals surface area contributed by atoms with Crippen molar-refractivity contribution >= 4 is 22.9 Å². The Labute approximate surface area is 197 Å². The monoisotopic (exact) mass is 474 g/mol. The number of aliphatic carboxylic acids is 1. The molecule has 0 spiro atoms. The third kappa shape index (κ3) is 4.04. The van der Waals surface area contributed by atoms with Crippen LogP contribution in [0.4, 0.5) is 0 Å². The molecule has 0 unspecified atom stereocenters. The van der Waals surface area contributed by atoms with Crippen molar-refractivity contribution in [1.82, 2.24) is 0 Å². The molecule has 9 nitrogen and oxygen atoms in total. The molecule has 0 bridgehead atoms. The van der Waals surface area contributed by atoms with Crippen LogP contribution >= 0.6 is 0 Å². The van der Waals surface area contributed by atoms with Gasteiger partial charge in [0.2, 0.25) is 0 Å². The van der Waals surface area contributed by atoms with E-state index in [9.17, 15) is 24.6 Å². The van der Waals surface area contributed by atoms with Crippen molar-refractivity contribution < 1.29 is 38.8 Å². The van der Waals surface area contributed by atoms with Gasteiger partial charge < -0.3 is 29.2 Å². The Kier molecular flexibility index (Phi) is 5.37. The number of esters is 1. The second-order valence-electron chi connectivity index (χ2n) is 7.98. The van der Waals surface area contributed by atoms with Crippen LogP contribution in [0, 0.1) is 0 Å². The summed E-state index contributed by atoms with van der Waals surface area (Å²) in [6.07, 6.45) is -0.131. The maximum Gasteiger partial charge on any atom is 0.341 e. The first-order chi connectivity index (χ1) is 16.8. The number of ether oxygens (including phenoxy) is 2. The zero-order valence-corrected chi connectivity index (χ0v) is 18.1. The van der Waals surface area contributed by atoms with E-state index in [1.54, 1.807) is 36.4 Å². The summed E-state index contributed by atoms with van der Waals surface area (Å²) >= 11 is 0. The minimum absolute atomic E-state index is 0.0234. The minimum Gasteiger partial charge on any atom is -0.508 e. The molecular formula is C26H18O9. The van der Waals surface area contributed by atoms with Gasteiger partial charge in [-0.2, -0.15) is 0 Å². The van der Waals surface area contributed by atoms with E-state index in [1.807, 2.05) is 0 Å². The van der Waals surface area contributed by atoms with E-state index in [0.29, 0.717) is 16.7 Å². The molecule has 0 saturated heterocycles. The fraction of sp³-hybridized carbons (Fsp3) is 0.115. The lowest BCUT2D eigenvalue weighted by Crippen LogP contribution is -2.22. The SMILES string of the molecule is O=C(O)COc1ccccc1[C@@H]1CC(=O)Oc2cc(O)c3c(=O)cc(-c4ccc(O)cc4)oc3c21. The molecule has 0 fully saturated rings. The number of carbonyl (C=O) groups excluding carboxylic acids is 1. The summed E-state index contributed by atoms with van der Waals surface area (Å²) in [6, 6.07) is 15.1. The predicted octanol–water partition coefficient (Wildman–Crippen LogP) is 3.78. The van der Waals surface area contributed by atoms with Crippen LogP contribution in [0.3, 0.4) is 0 Å². The molecule has 1 aliphatic rings. The van der Waals surface area contributed by atoms with Crippen molar-refractivity contribution in [3.8, 4) is 34.3 Å². The molecule has 4 aromatic rings. The standard InChI is InChI=1S/C26H18O9/c27-14-7-5-13(6-8-14)20-10-17(28)25-18(29)11-21-24(26(25)35-20)16(9-23(32)34-21)15-3-1-2-4-19(15)33-12-22(30)31/h1-8,10-11,16,27,29H,9,12H2,(H,30,31)/t16-/m0/s1. The van der Waals surface area contributed by atoms with Gasteiger partial charge >= 0.3 is 11.9 Å². The first kappa shape index (κ1) is 22.0. The van der Waals surface area contributed by atoms with E-state index in [-0.39, 0.29) is 40.4 Å². The van der Waals surface area contributed by atoms with E-state index in [0.717, 1.165) is 0 Å². The van der Waals surface area contributed by atoms with Gasteiger partial charge in [0.05, 0.1) is 6.42 Å². The highest BCUT2D eigenvalue weighted by molar-refractivity contribution is 5.93. The normalized spacial score (nSPS) is 14.9. The quantitative estimate of drug-likeness (QED) is 0.291. The molecule has 3 N–H and O–H groups in total. The van der Waals surface area contributed by atoms with Crippen LogP contribution in [0.25, 0.3) is 22.3 Å². The molecule has 1 aromatic heterocycles. The van der Waals surface area contributed by atoms with Crippen molar-refractivity contribution in [2.24, 2.45) is 0 Å². The number of carboxylic acids is 1. The van der Waals surface area contributed by atoms with Crippen LogP contribution in [0.1, 0.15) is 23.5 Å². The molecule has 0 aliphatic carbocycles. The smallest absolute Gasteiger partial charge is 0.341 e. The van der Waals surface area contributed by atoms with Crippen LogP contribution in [0.5, 0.6) is 23.0 Å². The van der Waals surface area contributed by atoms with Gasteiger partial charge in [-0.15, -0.1) is 0 Å². The van der Waals surface area contributed by atoms with Crippen LogP contribution in [-0.4, -0.2) is 33.9 Å². The summed E-state index contributed by atoms with van der Waals surface area (Å²) in [4.78, 5) is 36.6. The number of phenols is 2. The van der Waals surface area contributed by atoms with Crippen molar-refractivity contribution in [2.45, 2.75) is 12.3 Å². The van der Waals surface area contributed by atoms with Crippen LogP contribution in [0.2, 0.25) is 0 Å². The highest BCUT2D eigenvalue weighted by Crippen LogP contribution is 2.47. The molecule has 0 saturated carbocycles. The van der Waals surface area contributed by atoms with Crippen molar-refractivity contribution in [1.29, 1.82) is 0 Å². The Morgan fingerprint density at radius 2 is 1.77 bits per heavy atom. The zero-order valence-electron chi connectivity index (χ0n) is 18.1. The third-order valence-electron chi connectivity index (χ3n) is 5.72. The number of rotatable bonds is 5. The predicted molar refractivity (Wildman–Crippen MR) is 123 cm³/mol. The average Bonchev–Trinajstić information content (AvgIpc) is 2.82. The van der Waals surface area contributed by atoms with Crippen LogP contribution in [0.15, 0.2) is 69.9 Å². The first-order valence-corrected chi connectivity index (χ1v) is 10.6. The number of hydrogen-bond donors (Lipinski definition) is 3. The highest BCUT2D eigenvalue weighted by atomic mass is 16.5. The Morgan fingerprint density at radius 1 is 1.03 bits per heavy atom. The maximum atomic E-state index is 13.0.